The van der Waals surface area contributed by atoms with Crippen LogP contribution in [0.2, 0.25) is 5.02 Å². The number of halogens is 1. The van der Waals surface area contributed by atoms with E-state index in [1.807, 2.05) is 26.8 Å². The standard InChI is InChI=1S/C14H17BClNO3/c1-8-14(2,3)20-15(19-8)11-6-9-4-5-17-13(18)10(9)7-12(11)16/h6-8H,4-5H2,1-3H3,(H,17,18). The Hall–Kier alpha value is -1.04. The maximum atomic E-state index is 11.8. The van der Waals surface area contributed by atoms with E-state index in [9.17, 15) is 4.79 Å². The predicted molar refractivity (Wildman–Crippen MR) is 78.6 cm³/mol. The first-order valence-corrected chi connectivity index (χ1v) is 7.20. The zero-order valence-corrected chi connectivity index (χ0v) is 12.6. The van der Waals surface area contributed by atoms with Crippen molar-refractivity contribution in [3.8, 4) is 0 Å². The fourth-order valence-corrected chi connectivity index (χ4v) is 2.78. The molecule has 0 aliphatic carbocycles. The van der Waals surface area contributed by atoms with Gasteiger partial charge in [0, 0.05) is 22.6 Å². The number of rotatable bonds is 1. The van der Waals surface area contributed by atoms with Crippen LogP contribution in [-0.2, 0) is 15.7 Å². The first kappa shape index (κ1) is 13.9. The van der Waals surface area contributed by atoms with Crippen LogP contribution >= 0.6 is 11.6 Å². The van der Waals surface area contributed by atoms with Gasteiger partial charge < -0.3 is 14.6 Å². The fourth-order valence-electron chi connectivity index (χ4n) is 2.53. The zero-order valence-electron chi connectivity index (χ0n) is 11.8. The molecule has 1 fully saturated rings. The van der Waals surface area contributed by atoms with Crippen molar-refractivity contribution in [3.63, 3.8) is 0 Å². The lowest BCUT2D eigenvalue weighted by atomic mass is 9.77. The van der Waals surface area contributed by atoms with Crippen LogP contribution in [0.4, 0.5) is 0 Å². The van der Waals surface area contributed by atoms with E-state index >= 15 is 0 Å². The molecule has 2 heterocycles. The van der Waals surface area contributed by atoms with Crippen molar-refractivity contribution in [3.05, 3.63) is 28.3 Å². The van der Waals surface area contributed by atoms with Gasteiger partial charge in [0.25, 0.3) is 5.91 Å². The summed E-state index contributed by atoms with van der Waals surface area (Å²) in [6.07, 6.45) is 0.791. The van der Waals surface area contributed by atoms with E-state index in [4.69, 9.17) is 20.9 Å². The van der Waals surface area contributed by atoms with Gasteiger partial charge in [-0.1, -0.05) is 17.7 Å². The normalized spacial score (nSPS) is 24.5. The quantitative estimate of drug-likeness (QED) is 0.799. The van der Waals surface area contributed by atoms with Gasteiger partial charge in [0.1, 0.15) is 0 Å². The summed E-state index contributed by atoms with van der Waals surface area (Å²) in [5, 5.41) is 3.32. The van der Waals surface area contributed by atoms with E-state index in [0.717, 1.165) is 17.4 Å². The molecular formula is C14H17BClNO3. The summed E-state index contributed by atoms with van der Waals surface area (Å²) >= 11 is 6.31. The SMILES string of the molecule is CC1OB(c2cc3c(cc2Cl)C(=O)NCC3)OC1(C)C. The van der Waals surface area contributed by atoms with E-state index in [1.54, 1.807) is 6.07 Å². The Labute approximate surface area is 123 Å². The third-order valence-corrected chi connectivity index (χ3v) is 4.45. The highest BCUT2D eigenvalue weighted by Crippen LogP contribution is 2.29. The fraction of sp³-hybridized carbons (Fsp3) is 0.500. The Balaban J connectivity index is 1.98. The van der Waals surface area contributed by atoms with Crippen molar-refractivity contribution in [1.82, 2.24) is 5.32 Å². The van der Waals surface area contributed by atoms with E-state index in [0.29, 0.717) is 17.1 Å². The summed E-state index contributed by atoms with van der Waals surface area (Å²) in [4.78, 5) is 11.8. The summed E-state index contributed by atoms with van der Waals surface area (Å²) < 4.78 is 11.8. The number of hydrogen-bond donors (Lipinski definition) is 1. The Bertz CT molecular complexity index is 576. The second kappa shape index (κ2) is 4.76. The monoisotopic (exact) mass is 293 g/mol. The molecule has 0 spiro atoms. The van der Waals surface area contributed by atoms with Crippen LogP contribution in [0, 0.1) is 0 Å². The average Bonchev–Trinajstić information content (AvgIpc) is 2.64. The topological polar surface area (TPSA) is 47.6 Å². The summed E-state index contributed by atoms with van der Waals surface area (Å²) in [5.74, 6) is -0.0679. The highest BCUT2D eigenvalue weighted by atomic mass is 35.5. The van der Waals surface area contributed by atoms with Crippen LogP contribution in [0.25, 0.3) is 0 Å². The Morgan fingerprint density at radius 2 is 2.20 bits per heavy atom. The molecule has 0 bridgehead atoms. The molecule has 1 aromatic rings. The lowest BCUT2D eigenvalue weighted by Gasteiger charge is -2.21. The molecule has 1 amide bonds. The second-order valence-electron chi connectivity index (χ2n) is 5.87. The molecule has 6 heteroatoms. The second-order valence-corrected chi connectivity index (χ2v) is 6.28. The molecule has 0 aromatic heterocycles. The summed E-state index contributed by atoms with van der Waals surface area (Å²) in [6, 6.07) is 3.65. The van der Waals surface area contributed by atoms with Gasteiger partial charge in [0.15, 0.2) is 0 Å². The molecule has 1 saturated heterocycles. The minimum Gasteiger partial charge on any atom is -0.402 e. The van der Waals surface area contributed by atoms with Gasteiger partial charge >= 0.3 is 7.12 Å². The van der Waals surface area contributed by atoms with Crippen LogP contribution in [-0.4, -0.2) is 31.3 Å². The number of fused-ring (bicyclic) bond motifs is 1. The van der Waals surface area contributed by atoms with Crippen LogP contribution in [0.5, 0.6) is 0 Å². The first-order valence-electron chi connectivity index (χ1n) is 6.82. The minimum absolute atomic E-state index is 0.0112. The highest BCUT2D eigenvalue weighted by Gasteiger charge is 2.45. The average molecular weight is 294 g/mol. The van der Waals surface area contributed by atoms with E-state index in [1.165, 1.54) is 0 Å². The molecule has 0 radical (unpaired) electrons. The van der Waals surface area contributed by atoms with Crippen molar-refractivity contribution in [1.29, 1.82) is 0 Å². The van der Waals surface area contributed by atoms with E-state index in [-0.39, 0.29) is 17.6 Å². The highest BCUT2D eigenvalue weighted by molar-refractivity contribution is 6.65. The largest absolute Gasteiger partial charge is 0.496 e. The molecule has 2 aliphatic rings. The number of amides is 1. The smallest absolute Gasteiger partial charge is 0.402 e. The molecule has 0 saturated carbocycles. The molecule has 1 aromatic carbocycles. The number of carbonyl (C=O) groups excluding carboxylic acids is 1. The van der Waals surface area contributed by atoms with Gasteiger partial charge in [-0.15, -0.1) is 0 Å². The van der Waals surface area contributed by atoms with Crippen LogP contribution in [0.1, 0.15) is 36.7 Å². The lowest BCUT2D eigenvalue weighted by molar-refractivity contribution is 0.0842. The summed E-state index contributed by atoms with van der Waals surface area (Å²) in [7, 11) is -0.470. The number of hydrogen-bond acceptors (Lipinski definition) is 3. The molecule has 106 valence electrons. The van der Waals surface area contributed by atoms with E-state index in [2.05, 4.69) is 5.32 Å². The van der Waals surface area contributed by atoms with Crippen molar-refractivity contribution in [2.24, 2.45) is 0 Å². The summed E-state index contributed by atoms with van der Waals surface area (Å²) in [5.41, 5.74) is 2.10. The van der Waals surface area contributed by atoms with Gasteiger partial charge in [-0.05, 0) is 38.8 Å². The number of nitrogens with one attached hydrogen (secondary N) is 1. The van der Waals surface area contributed by atoms with Crippen molar-refractivity contribution >= 4 is 30.1 Å². The maximum Gasteiger partial charge on any atom is 0.496 e. The Morgan fingerprint density at radius 3 is 2.85 bits per heavy atom. The van der Waals surface area contributed by atoms with Gasteiger partial charge in [0.2, 0.25) is 0 Å². The lowest BCUT2D eigenvalue weighted by Crippen LogP contribution is -2.38. The minimum atomic E-state index is -0.470. The zero-order chi connectivity index (χ0) is 14.5. The van der Waals surface area contributed by atoms with Crippen molar-refractivity contribution in [2.45, 2.75) is 38.9 Å². The third kappa shape index (κ3) is 2.24. The molecular weight excluding hydrogens is 276 g/mol. The van der Waals surface area contributed by atoms with Crippen LogP contribution in [0.3, 0.4) is 0 Å². The van der Waals surface area contributed by atoms with Crippen LogP contribution in [0.15, 0.2) is 12.1 Å². The molecule has 1 N–H and O–H groups in total. The van der Waals surface area contributed by atoms with Gasteiger partial charge in [0.05, 0.1) is 11.7 Å². The summed E-state index contributed by atoms with van der Waals surface area (Å²) in [6.45, 7) is 6.63. The first-order chi connectivity index (χ1) is 9.38. The van der Waals surface area contributed by atoms with E-state index < -0.39 is 7.12 Å². The molecule has 4 nitrogen and oxygen atoms in total. The Morgan fingerprint density at radius 1 is 1.45 bits per heavy atom. The Kier molecular flexibility index (Phi) is 3.31. The third-order valence-electron chi connectivity index (χ3n) is 4.12. The van der Waals surface area contributed by atoms with Gasteiger partial charge in [-0.25, -0.2) is 0 Å². The molecule has 2 aliphatic heterocycles. The van der Waals surface area contributed by atoms with Gasteiger partial charge in [-0.2, -0.15) is 0 Å². The van der Waals surface area contributed by atoms with Crippen LogP contribution < -0.4 is 10.8 Å². The number of benzene rings is 1. The maximum absolute atomic E-state index is 11.8. The number of carbonyl (C=O) groups is 1. The van der Waals surface area contributed by atoms with Gasteiger partial charge in [-0.3, -0.25) is 4.79 Å². The van der Waals surface area contributed by atoms with Crippen molar-refractivity contribution in [2.75, 3.05) is 6.54 Å². The van der Waals surface area contributed by atoms with Crippen molar-refractivity contribution < 1.29 is 14.1 Å². The molecule has 1 atom stereocenters. The molecule has 3 rings (SSSR count). The molecule has 20 heavy (non-hydrogen) atoms. The predicted octanol–water partition coefficient (Wildman–Crippen LogP) is 1.53. The molecule has 1 unspecified atom stereocenters.